The normalized spacial score (nSPS) is 10.7. The number of non-ortho nitro benzene ring substituents is 1. The number of ether oxygens (including phenoxy) is 1. The third-order valence-corrected chi connectivity index (χ3v) is 4.34. The zero-order valence-electron chi connectivity index (χ0n) is 15.8. The number of fused-ring (bicyclic) bond motifs is 1. The van der Waals surface area contributed by atoms with Gasteiger partial charge in [-0.1, -0.05) is 41.6 Å². The van der Waals surface area contributed by atoms with Crippen molar-refractivity contribution in [1.82, 2.24) is 15.0 Å². The lowest BCUT2D eigenvalue weighted by Crippen LogP contribution is -2.19. The number of rotatable bonds is 7. The van der Waals surface area contributed by atoms with E-state index in [2.05, 4.69) is 15.6 Å². The lowest BCUT2D eigenvalue weighted by Gasteiger charge is -2.05. The van der Waals surface area contributed by atoms with Crippen molar-refractivity contribution in [3.8, 4) is 5.75 Å². The molecule has 0 spiro atoms. The number of carbonyl (C=O) groups excluding carboxylic acids is 1. The molecule has 1 amide bonds. The van der Waals surface area contributed by atoms with Gasteiger partial charge in [-0.25, -0.2) is 4.68 Å². The van der Waals surface area contributed by atoms with Crippen LogP contribution in [0.25, 0.3) is 10.8 Å². The van der Waals surface area contributed by atoms with E-state index >= 15 is 0 Å². The van der Waals surface area contributed by atoms with Crippen molar-refractivity contribution in [2.24, 2.45) is 0 Å². The Morgan fingerprint density at radius 1 is 1.07 bits per heavy atom. The highest BCUT2D eigenvalue weighted by molar-refractivity contribution is 5.90. The van der Waals surface area contributed by atoms with Gasteiger partial charge in [0, 0.05) is 17.8 Å². The molecule has 0 saturated carbocycles. The average molecular weight is 403 g/mol. The van der Waals surface area contributed by atoms with Gasteiger partial charge in [-0.3, -0.25) is 14.9 Å². The van der Waals surface area contributed by atoms with Gasteiger partial charge in [-0.2, -0.15) is 0 Å². The van der Waals surface area contributed by atoms with Crippen LogP contribution < -0.4 is 10.1 Å². The molecule has 0 fully saturated rings. The molecule has 1 aromatic heterocycles. The van der Waals surface area contributed by atoms with Gasteiger partial charge in [0.1, 0.15) is 24.6 Å². The van der Waals surface area contributed by atoms with E-state index in [9.17, 15) is 14.9 Å². The Hall–Kier alpha value is -4.27. The minimum atomic E-state index is -0.519. The fraction of sp³-hybridized carbons (Fsp3) is 0.0952. The number of carbonyl (C=O) groups is 1. The monoisotopic (exact) mass is 403 g/mol. The molecular formula is C21H17N5O4. The minimum Gasteiger partial charge on any atom is -0.487 e. The number of benzene rings is 3. The Bertz CT molecular complexity index is 1220. The number of nitro benzene ring substituents is 1. The summed E-state index contributed by atoms with van der Waals surface area (Å²) < 4.78 is 7.15. The fourth-order valence-electron chi connectivity index (χ4n) is 2.94. The van der Waals surface area contributed by atoms with Gasteiger partial charge >= 0.3 is 0 Å². The van der Waals surface area contributed by atoms with Crippen LogP contribution in [-0.4, -0.2) is 25.8 Å². The minimum absolute atomic E-state index is 0.0777. The molecular weight excluding hydrogens is 386 g/mol. The summed E-state index contributed by atoms with van der Waals surface area (Å²) in [6.07, 6.45) is 1.62. The van der Waals surface area contributed by atoms with Crippen molar-refractivity contribution in [1.29, 1.82) is 0 Å². The summed E-state index contributed by atoms with van der Waals surface area (Å²) in [5.41, 5.74) is 0.821. The van der Waals surface area contributed by atoms with Crippen molar-refractivity contribution >= 4 is 28.1 Å². The topological polar surface area (TPSA) is 112 Å². The van der Waals surface area contributed by atoms with Gasteiger partial charge in [0.25, 0.3) is 5.69 Å². The number of hydrogen-bond donors (Lipinski definition) is 1. The van der Waals surface area contributed by atoms with Gasteiger partial charge in [-0.15, -0.1) is 5.10 Å². The zero-order chi connectivity index (χ0) is 20.9. The molecule has 1 heterocycles. The maximum atomic E-state index is 12.2. The van der Waals surface area contributed by atoms with Gasteiger partial charge in [0.15, 0.2) is 0 Å². The van der Waals surface area contributed by atoms with Gasteiger partial charge in [-0.05, 0) is 29.0 Å². The van der Waals surface area contributed by atoms with Crippen LogP contribution in [0, 0.1) is 10.1 Å². The van der Waals surface area contributed by atoms with Gasteiger partial charge in [0.05, 0.1) is 11.1 Å². The highest BCUT2D eigenvalue weighted by Crippen LogP contribution is 2.21. The third-order valence-electron chi connectivity index (χ3n) is 4.34. The molecule has 4 aromatic rings. The second kappa shape index (κ2) is 8.39. The predicted molar refractivity (Wildman–Crippen MR) is 110 cm³/mol. The number of aromatic nitrogens is 3. The molecule has 0 aliphatic heterocycles. The number of nitrogens with zero attached hydrogens (tertiary/aromatic N) is 4. The van der Waals surface area contributed by atoms with E-state index in [1.807, 2.05) is 42.5 Å². The highest BCUT2D eigenvalue weighted by atomic mass is 16.6. The Morgan fingerprint density at radius 2 is 1.90 bits per heavy atom. The molecule has 0 aliphatic rings. The molecule has 0 bridgehead atoms. The molecule has 0 atom stereocenters. The summed E-state index contributed by atoms with van der Waals surface area (Å²) in [5, 5.41) is 23.6. The van der Waals surface area contributed by atoms with E-state index < -0.39 is 4.92 Å². The lowest BCUT2D eigenvalue weighted by atomic mass is 10.1. The van der Waals surface area contributed by atoms with Crippen LogP contribution in [0.2, 0.25) is 0 Å². The van der Waals surface area contributed by atoms with Crippen LogP contribution in [0.1, 0.15) is 5.69 Å². The van der Waals surface area contributed by atoms with E-state index in [1.165, 1.54) is 22.9 Å². The summed E-state index contributed by atoms with van der Waals surface area (Å²) in [6.45, 7) is 0.135. The molecule has 0 unspecified atom stereocenters. The lowest BCUT2D eigenvalue weighted by molar-refractivity contribution is -0.384. The maximum absolute atomic E-state index is 12.2. The Kier molecular flexibility index (Phi) is 5.33. The van der Waals surface area contributed by atoms with E-state index in [1.54, 1.807) is 12.3 Å². The Morgan fingerprint density at radius 3 is 2.73 bits per heavy atom. The van der Waals surface area contributed by atoms with Crippen LogP contribution in [0.15, 0.2) is 72.9 Å². The highest BCUT2D eigenvalue weighted by Gasteiger charge is 2.10. The Balaban J connectivity index is 1.33. The molecule has 0 radical (unpaired) electrons. The van der Waals surface area contributed by atoms with Crippen LogP contribution >= 0.6 is 0 Å². The van der Waals surface area contributed by atoms with E-state index in [0.29, 0.717) is 17.1 Å². The smallest absolute Gasteiger partial charge is 0.271 e. The number of anilines is 1. The molecule has 4 rings (SSSR count). The molecule has 150 valence electrons. The van der Waals surface area contributed by atoms with Crippen molar-refractivity contribution in [2.45, 2.75) is 13.2 Å². The van der Waals surface area contributed by atoms with Crippen molar-refractivity contribution in [2.75, 3.05) is 5.32 Å². The summed E-state index contributed by atoms with van der Waals surface area (Å²) in [5.74, 6) is 0.342. The molecule has 0 saturated heterocycles. The summed E-state index contributed by atoms with van der Waals surface area (Å²) in [4.78, 5) is 22.5. The number of hydrogen-bond acceptors (Lipinski definition) is 6. The first kappa shape index (κ1) is 19.1. The largest absolute Gasteiger partial charge is 0.487 e. The van der Waals surface area contributed by atoms with E-state index in [0.717, 1.165) is 10.8 Å². The average Bonchev–Trinajstić information content (AvgIpc) is 3.19. The standard InChI is InChI=1S/C21H17N5O4/c27-21(22-17-6-3-7-19(11-17)26(28)29)13-25-12-18(23-24-25)14-30-20-9-8-15-4-1-2-5-16(15)10-20/h1-12H,13-14H2,(H,22,27). The first-order valence-electron chi connectivity index (χ1n) is 9.12. The van der Waals surface area contributed by atoms with Crippen molar-refractivity contribution < 1.29 is 14.5 Å². The van der Waals surface area contributed by atoms with E-state index in [-0.39, 0.29) is 24.7 Å². The van der Waals surface area contributed by atoms with Gasteiger partial charge in [0.2, 0.25) is 5.91 Å². The van der Waals surface area contributed by atoms with Crippen LogP contribution in [0.4, 0.5) is 11.4 Å². The predicted octanol–water partition coefficient (Wildman–Crippen LogP) is 3.56. The van der Waals surface area contributed by atoms with Crippen molar-refractivity contribution in [3.05, 3.63) is 88.7 Å². The first-order chi connectivity index (χ1) is 14.6. The quantitative estimate of drug-likeness (QED) is 0.373. The number of nitrogens with one attached hydrogen (secondary N) is 1. The SMILES string of the molecule is O=C(Cn1cc(COc2ccc3ccccc3c2)nn1)Nc1cccc([N+](=O)[O-])c1. The second-order valence-electron chi connectivity index (χ2n) is 6.56. The number of nitro groups is 1. The van der Waals surface area contributed by atoms with Crippen LogP contribution in [-0.2, 0) is 17.9 Å². The summed E-state index contributed by atoms with van der Waals surface area (Å²) in [6, 6.07) is 19.6. The zero-order valence-corrected chi connectivity index (χ0v) is 15.8. The molecule has 1 N–H and O–H groups in total. The van der Waals surface area contributed by atoms with Crippen LogP contribution in [0.5, 0.6) is 5.75 Å². The third kappa shape index (κ3) is 4.58. The second-order valence-corrected chi connectivity index (χ2v) is 6.56. The molecule has 9 heteroatoms. The number of amides is 1. The van der Waals surface area contributed by atoms with Crippen molar-refractivity contribution in [3.63, 3.8) is 0 Å². The summed E-state index contributed by atoms with van der Waals surface area (Å²) >= 11 is 0. The van der Waals surface area contributed by atoms with E-state index in [4.69, 9.17) is 4.74 Å². The maximum Gasteiger partial charge on any atom is 0.271 e. The first-order valence-corrected chi connectivity index (χ1v) is 9.12. The molecule has 9 nitrogen and oxygen atoms in total. The van der Waals surface area contributed by atoms with Crippen LogP contribution in [0.3, 0.4) is 0 Å². The fourth-order valence-corrected chi connectivity index (χ4v) is 2.94. The summed E-state index contributed by atoms with van der Waals surface area (Å²) in [7, 11) is 0. The molecule has 3 aromatic carbocycles. The molecule has 0 aliphatic carbocycles. The van der Waals surface area contributed by atoms with Gasteiger partial charge < -0.3 is 10.1 Å². The Labute approximate surface area is 171 Å². The molecule has 30 heavy (non-hydrogen) atoms.